The average molecular weight is 318 g/mol. The number of aromatic nitrogens is 3. The van der Waals surface area contributed by atoms with Gasteiger partial charge in [-0.1, -0.05) is 55.9 Å². The molecule has 2 rings (SSSR count). The van der Waals surface area contributed by atoms with Crippen LogP contribution in [0.15, 0.2) is 35.5 Å². The smallest absolute Gasteiger partial charge is 0.230 e. The van der Waals surface area contributed by atoms with E-state index in [0.717, 1.165) is 23.1 Å². The molecule has 1 amide bonds. The first-order valence-electron chi connectivity index (χ1n) is 7.39. The maximum absolute atomic E-state index is 11.9. The van der Waals surface area contributed by atoms with Crippen molar-refractivity contribution in [3.8, 4) is 0 Å². The monoisotopic (exact) mass is 318 g/mol. The van der Waals surface area contributed by atoms with E-state index in [-0.39, 0.29) is 5.91 Å². The van der Waals surface area contributed by atoms with E-state index in [1.54, 1.807) is 0 Å². The molecule has 0 aliphatic rings. The van der Waals surface area contributed by atoms with Crippen molar-refractivity contribution < 1.29 is 4.79 Å². The molecule has 1 heterocycles. The average Bonchev–Trinajstić information content (AvgIpc) is 2.84. The molecule has 0 saturated carbocycles. The second kappa shape index (κ2) is 7.98. The maximum Gasteiger partial charge on any atom is 0.230 e. The first kappa shape index (κ1) is 16.5. The standard InChI is InChI=1S/C16H22N4OS/c1-12(2)10-20-13(3)18-19-16(20)22-11-15(21)17-9-14-7-5-4-6-8-14/h4-8,12H,9-11H2,1-3H3,(H,17,21). The van der Waals surface area contributed by atoms with Gasteiger partial charge >= 0.3 is 0 Å². The molecule has 1 N–H and O–H groups in total. The number of hydrogen-bond donors (Lipinski definition) is 1. The molecule has 0 fully saturated rings. The fraction of sp³-hybridized carbons (Fsp3) is 0.438. The summed E-state index contributed by atoms with van der Waals surface area (Å²) in [5, 5.41) is 12.0. The summed E-state index contributed by atoms with van der Waals surface area (Å²) in [5.41, 5.74) is 1.10. The summed E-state index contributed by atoms with van der Waals surface area (Å²) in [4.78, 5) is 11.9. The van der Waals surface area contributed by atoms with Crippen LogP contribution in [0.2, 0.25) is 0 Å². The van der Waals surface area contributed by atoms with Crippen LogP contribution in [0.25, 0.3) is 0 Å². The van der Waals surface area contributed by atoms with E-state index in [4.69, 9.17) is 0 Å². The number of carbonyl (C=O) groups is 1. The van der Waals surface area contributed by atoms with Gasteiger partial charge in [-0.15, -0.1) is 10.2 Å². The number of amides is 1. The Morgan fingerprint density at radius 3 is 2.68 bits per heavy atom. The Morgan fingerprint density at radius 2 is 2.00 bits per heavy atom. The zero-order chi connectivity index (χ0) is 15.9. The number of nitrogens with one attached hydrogen (secondary N) is 1. The quantitative estimate of drug-likeness (QED) is 0.797. The van der Waals surface area contributed by atoms with Crippen molar-refractivity contribution in [2.24, 2.45) is 5.92 Å². The van der Waals surface area contributed by atoms with E-state index < -0.39 is 0 Å². The van der Waals surface area contributed by atoms with Gasteiger partial charge < -0.3 is 9.88 Å². The Kier molecular flexibility index (Phi) is 6.00. The Labute approximate surface area is 135 Å². The molecular formula is C16H22N4OS. The molecule has 0 aliphatic heterocycles. The van der Waals surface area contributed by atoms with Gasteiger partial charge in [-0.25, -0.2) is 0 Å². The highest BCUT2D eigenvalue weighted by Crippen LogP contribution is 2.18. The lowest BCUT2D eigenvalue weighted by Gasteiger charge is -2.10. The van der Waals surface area contributed by atoms with Crippen LogP contribution in [0, 0.1) is 12.8 Å². The Balaban J connectivity index is 1.84. The lowest BCUT2D eigenvalue weighted by atomic mass is 10.2. The van der Waals surface area contributed by atoms with E-state index in [9.17, 15) is 4.79 Å². The first-order chi connectivity index (χ1) is 10.6. The molecule has 0 bridgehead atoms. The second-order valence-electron chi connectivity index (χ2n) is 5.59. The third-order valence-corrected chi connectivity index (χ3v) is 4.08. The third kappa shape index (κ3) is 4.87. The molecule has 1 aromatic heterocycles. The summed E-state index contributed by atoms with van der Waals surface area (Å²) in [6, 6.07) is 9.89. The lowest BCUT2D eigenvalue weighted by molar-refractivity contribution is -0.118. The molecule has 0 saturated heterocycles. The number of thioether (sulfide) groups is 1. The molecule has 6 heteroatoms. The molecule has 0 atom stereocenters. The van der Waals surface area contributed by atoms with Crippen molar-refractivity contribution >= 4 is 17.7 Å². The largest absolute Gasteiger partial charge is 0.351 e. The van der Waals surface area contributed by atoms with Crippen molar-refractivity contribution in [1.29, 1.82) is 0 Å². The Hall–Kier alpha value is -1.82. The number of benzene rings is 1. The van der Waals surface area contributed by atoms with Gasteiger partial charge in [-0.3, -0.25) is 4.79 Å². The van der Waals surface area contributed by atoms with Crippen molar-refractivity contribution in [3.63, 3.8) is 0 Å². The van der Waals surface area contributed by atoms with Gasteiger partial charge in [0, 0.05) is 13.1 Å². The molecule has 0 radical (unpaired) electrons. The van der Waals surface area contributed by atoms with Gasteiger partial charge in [0.25, 0.3) is 0 Å². The first-order valence-corrected chi connectivity index (χ1v) is 8.38. The van der Waals surface area contributed by atoms with E-state index in [1.807, 2.05) is 37.3 Å². The van der Waals surface area contributed by atoms with E-state index in [1.165, 1.54) is 11.8 Å². The number of hydrogen-bond acceptors (Lipinski definition) is 4. The fourth-order valence-electron chi connectivity index (χ4n) is 2.02. The highest BCUT2D eigenvalue weighted by atomic mass is 32.2. The Bertz CT molecular complexity index is 610. The van der Waals surface area contributed by atoms with Gasteiger partial charge in [-0.05, 0) is 18.4 Å². The highest BCUT2D eigenvalue weighted by molar-refractivity contribution is 7.99. The van der Waals surface area contributed by atoms with Gasteiger partial charge in [0.15, 0.2) is 5.16 Å². The van der Waals surface area contributed by atoms with Gasteiger partial charge in [0.1, 0.15) is 5.82 Å². The SMILES string of the molecule is Cc1nnc(SCC(=O)NCc2ccccc2)n1CC(C)C. The van der Waals surface area contributed by atoms with Crippen LogP contribution in [-0.4, -0.2) is 26.4 Å². The van der Waals surface area contributed by atoms with E-state index in [0.29, 0.717) is 18.2 Å². The summed E-state index contributed by atoms with van der Waals surface area (Å²) in [6.07, 6.45) is 0. The van der Waals surface area contributed by atoms with Gasteiger partial charge in [-0.2, -0.15) is 0 Å². The lowest BCUT2D eigenvalue weighted by Crippen LogP contribution is -2.24. The van der Waals surface area contributed by atoms with Gasteiger partial charge in [0.05, 0.1) is 5.75 Å². The normalized spacial score (nSPS) is 10.9. The number of aryl methyl sites for hydroxylation is 1. The second-order valence-corrected chi connectivity index (χ2v) is 6.53. The van der Waals surface area contributed by atoms with Crippen molar-refractivity contribution in [3.05, 3.63) is 41.7 Å². The zero-order valence-corrected chi connectivity index (χ0v) is 14.1. The maximum atomic E-state index is 11.9. The third-order valence-electron chi connectivity index (χ3n) is 3.11. The van der Waals surface area contributed by atoms with Crippen LogP contribution in [0.1, 0.15) is 25.2 Å². The molecule has 0 aliphatic carbocycles. The molecule has 1 aromatic carbocycles. The van der Waals surface area contributed by atoms with Crippen molar-refractivity contribution in [1.82, 2.24) is 20.1 Å². The highest BCUT2D eigenvalue weighted by Gasteiger charge is 2.12. The predicted molar refractivity (Wildman–Crippen MR) is 88.6 cm³/mol. The molecule has 5 nitrogen and oxygen atoms in total. The summed E-state index contributed by atoms with van der Waals surface area (Å²) < 4.78 is 2.07. The topological polar surface area (TPSA) is 59.8 Å². The summed E-state index contributed by atoms with van der Waals surface area (Å²) in [7, 11) is 0. The fourth-order valence-corrected chi connectivity index (χ4v) is 2.84. The number of rotatable bonds is 7. The molecule has 0 unspecified atom stereocenters. The van der Waals surface area contributed by atoms with Crippen LogP contribution < -0.4 is 5.32 Å². The molecular weight excluding hydrogens is 296 g/mol. The Morgan fingerprint density at radius 1 is 1.27 bits per heavy atom. The number of carbonyl (C=O) groups excluding carboxylic acids is 1. The van der Waals surface area contributed by atoms with Crippen LogP contribution >= 0.6 is 11.8 Å². The number of nitrogens with zero attached hydrogens (tertiary/aromatic N) is 3. The van der Waals surface area contributed by atoms with Crippen LogP contribution in [-0.2, 0) is 17.9 Å². The van der Waals surface area contributed by atoms with Crippen LogP contribution in [0.5, 0.6) is 0 Å². The summed E-state index contributed by atoms with van der Waals surface area (Å²) in [5.74, 6) is 1.76. The minimum Gasteiger partial charge on any atom is -0.351 e. The minimum absolute atomic E-state index is 0.00519. The summed E-state index contributed by atoms with van der Waals surface area (Å²) in [6.45, 7) is 7.67. The van der Waals surface area contributed by atoms with Crippen molar-refractivity contribution in [2.45, 2.75) is 39.0 Å². The summed E-state index contributed by atoms with van der Waals surface area (Å²) >= 11 is 1.43. The molecule has 118 valence electrons. The molecule has 0 spiro atoms. The molecule has 2 aromatic rings. The zero-order valence-electron chi connectivity index (χ0n) is 13.2. The molecule has 22 heavy (non-hydrogen) atoms. The van der Waals surface area contributed by atoms with E-state index in [2.05, 4.69) is 33.9 Å². The minimum atomic E-state index is 0.00519. The van der Waals surface area contributed by atoms with Crippen LogP contribution in [0.4, 0.5) is 0 Å². The van der Waals surface area contributed by atoms with Gasteiger partial charge in [0.2, 0.25) is 5.91 Å². The van der Waals surface area contributed by atoms with E-state index >= 15 is 0 Å². The van der Waals surface area contributed by atoms with Crippen molar-refractivity contribution in [2.75, 3.05) is 5.75 Å². The van der Waals surface area contributed by atoms with Crippen LogP contribution in [0.3, 0.4) is 0 Å². The predicted octanol–water partition coefficient (Wildman–Crippen LogP) is 2.65.